The zero-order chi connectivity index (χ0) is 23.8. The zero-order valence-electron chi connectivity index (χ0n) is 18.5. The highest BCUT2D eigenvalue weighted by atomic mass is 16.3. The van der Waals surface area contributed by atoms with Gasteiger partial charge in [0, 0.05) is 44.3 Å². The number of aromatic nitrogens is 1. The molecule has 0 saturated carbocycles. The van der Waals surface area contributed by atoms with E-state index in [2.05, 4.69) is 15.6 Å². The molecule has 2 aromatic carbocycles. The van der Waals surface area contributed by atoms with Crippen LogP contribution < -0.4 is 10.6 Å². The second kappa shape index (κ2) is 11.0. The largest absolute Gasteiger partial charge is 0.388 e. The number of nitrogens with zero attached hydrogens (tertiary/aromatic N) is 2. The molecule has 3 N–H and O–H groups in total. The average Bonchev–Trinajstić information content (AvgIpc) is 2.87. The van der Waals surface area contributed by atoms with E-state index in [-0.39, 0.29) is 0 Å². The number of Topliss-reactive ketones (excluding diaryl/α,β-unsaturated/α-hetero) is 1. The number of rotatable bonds is 9. The summed E-state index contributed by atoms with van der Waals surface area (Å²) in [7, 11) is 2.73. The van der Waals surface area contributed by atoms with Crippen LogP contribution in [-0.2, 0) is 16.1 Å². The molecule has 3 rings (SSSR count). The van der Waals surface area contributed by atoms with Gasteiger partial charge in [0.25, 0.3) is 5.91 Å². The van der Waals surface area contributed by atoms with Gasteiger partial charge in [0.2, 0.25) is 5.91 Å². The fraction of sp³-hybridized carbons (Fsp3) is 0.200. The van der Waals surface area contributed by atoms with Crippen molar-refractivity contribution in [2.45, 2.75) is 12.6 Å². The number of amides is 2. The van der Waals surface area contributed by atoms with Crippen LogP contribution in [-0.4, -0.2) is 59.3 Å². The molecule has 0 aliphatic heterocycles. The lowest BCUT2D eigenvalue weighted by molar-refractivity contribution is -0.135. The van der Waals surface area contributed by atoms with E-state index in [1.165, 1.54) is 14.1 Å². The van der Waals surface area contributed by atoms with Crippen LogP contribution in [0, 0.1) is 0 Å². The van der Waals surface area contributed by atoms with E-state index in [4.69, 9.17) is 5.11 Å². The molecule has 8 heteroatoms. The molecule has 0 spiro atoms. The Morgan fingerprint density at radius 1 is 0.939 bits per heavy atom. The first-order chi connectivity index (χ1) is 15.9. The molecule has 1 atom stereocenters. The Bertz CT molecular complexity index is 1080. The number of carbonyl (C=O) groups is 3. The Kier molecular flexibility index (Phi) is 7.88. The van der Waals surface area contributed by atoms with Gasteiger partial charge in [0.1, 0.15) is 6.61 Å². The maximum Gasteiger partial charge on any atom is 0.254 e. The van der Waals surface area contributed by atoms with E-state index in [1.807, 2.05) is 48.5 Å². The SMILES string of the molecule is CNC(=O)C(C(=O)CO)N(C)C(=O)c1ccc(-c2ccc(NCc3ccncc3)cc2)cc1. The van der Waals surface area contributed by atoms with Crippen LogP contribution in [0.5, 0.6) is 0 Å². The Labute approximate surface area is 192 Å². The van der Waals surface area contributed by atoms with Gasteiger partial charge in [-0.05, 0) is 53.1 Å². The minimum absolute atomic E-state index is 0.330. The van der Waals surface area contributed by atoms with Crippen LogP contribution in [0.4, 0.5) is 5.69 Å². The lowest BCUT2D eigenvalue weighted by atomic mass is 10.0. The monoisotopic (exact) mass is 446 g/mol. The van der Waals surface area contributed by atoms with Gasteiger partial charge in [0.15, 0.2) is 11.8 Å². The smallest absolute Gasteiger partial charge is 0.254 e. The van der Waals surface area contributed by atoms with Gasteiger partial charge in [-0.3, -0.25) is 19.4 Å². The van der Waals surface area contributed by atoms with Crippen molar-refractivity contribution >= 4 is 23.3 Å². The van der Waals surface area contributed by atoms with E-state index in [0.29, 0.717) is 12.1 Å². The van der Waals surface area contributed by atoms with E-state index >= 15 is 0 Å². The number of hydrogen-bond acceptors (Lipinski definition) is 6. The average molecular weight is 447 g/mol. The topological polar surface area (TPSA) is 112 Å². The number of hydrogen-bond donors (Lipinski definition) is 3. The van der Waals surface area contributed by atoms with Gasteiger partial charge >= 0.3 is 0 Å². The number of pyridine rings is 1. The molecule has 1 unspecified atom stereocenters. The van der Waals surface area contributed by atoms with Gasteiger partial charge in [0.05, 0.1) is 0 Å². The normalized spacial score (nSPS) is 11.4. The Hall–Kier alpha value is -4.04. The Morgan fingerprint density at radius 2 is 1.52 bits per heavy atom. The maximum absolute atomic E-state index is 12.8. The second-order valence-corrected chi connectivity index (χ2v) is 7.42. The molecule has 2 amide bonds. The fourth-order valence-electron chi connectivity index (χ4n) is 3.37. The standard InChI is InChI=1S/C25H26N4O4/c1-26-24(32)23(22(31)16-30)29(2)25(33)20-5-3-18(4-6-20)19-7-9-21(10-8-19)28-15-17-11-13-27-14-12-17/h3-14,23,28,30H,15-16H2,1-2H3,(H,26,32). The lowest BCUT2D eigenvalue weighted by Crippen LogP contribution is -2.52. The lowest BCUT2D eigenvalue weighted by Gasteiger charge is -2.25. The number of nitrogens with one attached hydrogen (secondary N) is 2. The van der Waals surface area contributed by atoms with Crippen molar-refractivity contribution in [3.8, 4) is 11.1 Å². The molecule has 0 aliphatic rings. The minimum atomic E-state index is -1.39. The van der Waals surface area contributed by atoms with Crippen molar-refractivity contribution in [3.05, 3.63) is 84.2 Å². The van der Waals surface area contributed by atoms with Gasteiger partial charge in [-0.1, -0.05) is 24.3 Å². The zero-order valence-corrected chi connectivity index (χ0v) is 18.5. The highest BCUT2D eigenvalue weighted by Gasteiger charge is 2.32. The summed E-state index contributed by atoms with van der Waals surface area (Å²) < 4.78 is 0. The van der Waals surface area contributed by atoms with E-state index < -0.39 is 30.2 Å². The van der Waals surface area contributed by atoms with Gasteiger partial charge in [-0.25, -0.2) is 0 Å². The summed E-state index contributed by atoms with van der Waals surface area (Å²) in [4.78, 5) is 41.9. The van der Waals surface area contributed by atoms with E-state index in [9.17, 15) is 14.4 Å². The summed E-state index contributed by atoms with van der Waals surface area (Å²) in [6.45, 7) is -0.135. The van der Waals surface area contributed by atoms with Crippen LogP contribution >= 0.6 is 0 Å². The van der Waals surface area contributed by atoms with Crippen LogP contribution in [0.2, 0.25) is 0 Å². The second-order valence-electron chi connectivity index (χ2n) is 7.42. The maximum atomic E-state index is 12.8. The minimum Gasteiger partial charge on any atom is -0.388 e. The summed E-state index contributed by atoms with van der Waals surface area (Å²) in [5, 5.41) is 14.9. The first-order valence-electron chi connectivity index (χ1n) is 10.4. The van der Waals surface area contributed by atoms with Crippen molar-refractivity contribution < 1.29 is 19.5 Å². The number of benzene rings is 2. The molecule has 0 saturated heterocycles. The molecule has 0 fully saturated rings. The number of carbonyl (C=O) groups excluding carboxylic acids is 3. The summed E-state index contributed by atoms with van der Waals surface area (Å²) in [5.41, 5.74) is 4.35. The molecule has 170 valence electrons. The van der Waals surface area contributed by atoms with Gasteiger partial charge in [-0.2, -0.15) is 0 Å². The molecule has 1 heterocycles. The molecular weight excluding hydrogens is 420 g/mol. The van der Waals surface area contributed by atoms with Crippen molar-refractivity contribution in [1.29, 1.82) is 0 Å². The Balaban J connectivity index is 1.68. The van der Waals surface area contributed by atoms with Crippen molar-refractivity contribution in [3.63, 3.8) is 0 Å². The summed E-state index contributed by atoms with van der Waals surface area (Å²) in [6.07, 6.45) is 3.52. The predicted molar refractivity (Wildman–Crippen MR) is 125 cm³/mol. The molecule has 0 radical (unpaired) electrons. The molecule has 8 nitrogen and oxygen atoms in total. The quantitative estimate of drug-likeness (QED) is 0.434. The van der Waals surface area contributed by atoms with Gasteiger partial charge in [-0.15, -0.1) is 0 Å². The third-order valence-electron chi connectivity index (χ3n) is 5.26. The molecule has 1 aromatic heterocycles. The Morgan fingerprint density at radius 3 is 2.06 bits per heavy atom. The van der Waals surface area contributed by atoms with Crippen LogP contribution in [0.1, 0.15) is 15.9 Å². The molecule has 3 aromatic rings. The number of anilines is 1. The first kappa shape index (κ1) is 23.6. The molecule has 0 bridgehead atoms. The van der Waals surface area contributed by atoms with E-state index in [0.717, 1.165) is 27.3 Å². The predicted octanol–water partition coefficient (Wildman–Crippen LogP) is 2.11. The fourth-order valence-corrected chi connectivity index (χ4v) is 3.37. The summed E-state index contributed by atoms with van der Waals surface area (Å²) in [5.74, 6) is -1.90. The van der Waals surface area contributed by atoms with Crippen LogP contribution in [0.25, 0.3) is 11.1 Å². The highest BCUT2D eigenvalue weighted by molar-refractivity contribution is 6.10. The number of aliphatic hydroxyl groups is 1. The highest BCUT2D eigenvalue weighted by Crippen LogP contribution is 2.23. The summed E-state index contributed by atoms with van der Waals surface area (Å²) in [6, 6.07) is 17.4. The third-order valence-corrected chi connectivity index (χ3v) is 5.26. The number of likely N-dealkylation sites (N-methyl/N-ethyl adjacent to an activating group) is 2. The van der Waals surface area contributed by atoms with Crippen molar-refractivity contribution in [1.82, 2.24) is 15.2 Å². The molecular formula is C25H26N4O4. The number of ketones is 1. The van der Waals surface area contributed by atoms with Crippen molar-refractivity contribution in [2.24, 2.45) is 0 Å². The summed E-state index contributed by atoms with van der Waals surface area (Å²) >= 11 is 0. The number of aliphatic hydroxyl groups excluding tert-OH is 1. The van der Waals surface area contributed by atoms with Gasteiger partial charge < -0.3 is 20.6 Å². The van der Waals surface area contributed by atoms with Crippen LogP contribution in [0.3, 0.4) is 0 Å². The van der Waals surface area contributed by atoms with Crippen molar-refractivity contribution in [2.75, 3.05) is 26.0 Å². The molecule has 0 aliphatic carbocycles. The molecule has 33 heavy (non-hydrogen) atoms. The first-order valence-corrected chi connectivity index (χ1v) is 10.4. The van der Waals surface area contributed by atoms with Crippen LogP contribution in [0.15, 0.2) is 73.1 Å². The third kappa shape index (κ3) is 5.81. The van der Waals surface area contributed by atoms with E-state index in [1.54, 1.807) is 24.5 Å².